The molecule has 0 spiro atoms. The highest BCUT2D eigenvalue weighted by Gasteiger charge is 2.35. The summed E-state index contributed by atoms with van der Waals surface area (Å²) >= 11 is 0. The van der Waals surface area contributed by atoms with E-state index in [4.69, 9.17) is 13.8 Å². The molecule has 12 rings (SSSR count). The van der Waals surface area contributed by atoms with Crippen LogP contribution in [-0.4, -0.2) is 4.98 Å². The Labute approximate surface area is 347 Å². The predicted octanol–water partition coefficient (Wildman–Crippen LogP) is 15.7. The van der Waals surface area contributed by atoms with Crippen molar-refractivity contribution in [2.24, 2.45) is 0 Å². The van der Waals surface area contributed by atoms with Crippen LogP contribution >= 0.6 is 0 Å². The molecule has 2 aromatic heterocycles. The van der Waals surface area contributed by atoms with Gasteiger partial charge in [-0.25, -0.2) is 4.98 Å². The van der Waals surface area contributed by atoms with Crippen LogP contribution in [0, 0.1) is 0 Å². The first-order valence-electron chi connectivity index (χ1n) is 20.5. The molecule has 0 saturated heterocycles. The average molecular weight is 771 g/mol. The van der Waals surface area contributed by atoms with Gasteiger partial charge >= 0.3 is 0 Å². The van der Waals surface area contributed by atoms with E-state index in [1.165, 1.54) is 44.2 Å². The Bertz CT molecular complexity index is 3440. The molecule has 0 fully saturated rings. The fraction of sp³-hybridized carbons (Fsp3) is 0.0536. The summed E-state index contributed by atoms with van der Waals surface area (Å²) in [5, 5.41) is 4.56. The van der Waals surface area contributed by atoms with Crippen LogP contribution in [0.1, 0.15) is 25.0 Å². The molecule has 9 aromatic carbocycles. The van der Waals surface area contributed by atoms with E-state index in [2.05, 4.69) is 176 Å². The maximum absolute atomic E-state index is 6.35. The van der Waals surface area contributed by atoms with Gasteiger partial charge in [-0.2, -0.15) is 0 Å². The largest absolute Gasteiger partial charge is 0.456 e. The van der Waals surface area contributed by atoms with Gasteiger partial charge in [-0.1, -0.05) is 135 Å². The zero-order chi connectivity index (χ0) is 40.0. The normalized spacial score (nSPS) is 13.0. The molecule has 0 amide bonds. The molecule has 0 atom stereocenters. The van der Waals surface area contributed by atoms with E-state index in [9.17, 15) is 0 Å². The summed E-state index contributed by atoms with van der Waals surface area (Å²) < 4.78 is 12.5. The molecule has 0 radical (unpaired) electrons. The monoisotopic (exact) mass is 770 g/mol. The third kappa shape index (κ3) is 5.41. The molecular weight excluding hydrogens is 733 g/mol. The summed E-state index contributed by atoms with van der Waals surface area (Å²) in [5.41, 5.74) is 17.3. The lowest BCUT2D eigenvalue weighted by Gasteiger charge is -2.28. The maximum atomic E-state index is 6.35. The maximum Gasteiger partial charge on any atom is 0.227 e. The van der Waals surface area contributed by atoms with E-state index in [1.807, 2.05) is 36.4 Å². The number of rotatable bonds is 6. The lowest BCUT2D eigenvalue weighted by molar-refractivity contribution is 0.617. The summed E-state index contributed by atoms with van der Waals surface area (Å²) in [6, 6.07) is 69.4. The molecule has 0 N–H and O–H groups in total. The van der Waals surface area contributed by atoms with Crippen molar-refractivity contribution >= 4 is 60.9 Å². The molecule has 0 saturated carbocycles. The van der Waals surface area contributed by atoms with Crippen LogP contribution in [0.2, 0.25) is 0 Å². The van der Waals surface area contributed by atoms with Crippen molar-refractivity contribution in [2.45, 2.75) is 19.3 Å². The van der Waals surface area contributed by atoms with Gasteiger partial charge in [0.05, 0.1) is 0 Å². The number of hydrogen-bond acceptors (Lipinski definition) is 4. The third-order valence-corrected chi connectivity index (χ3v) is 12.5. The fourth-order valence-electron chi connectivity index (χ4n) is 9.43. The van der Waals surface area contributed by atoms with Gasteiger partial charge in [0.15, 0.2) is 5.58 Å². The van der Waals surface area contributed by atoms with Gasteiger partial charge in [0, 0.05) is 44.9 Å². The Morgan fingerprint density at radius 3 is 1.88 bits per heavy atom. The van der Waals surface area contributed by atoms with Gasteiger partial charge in [0.1, 0.15) is 16.7 Å². The first-order chi connectivity index (χ1) is 29.5. The van der Waals surface area contributed by atoms with E-state index in [-0.39, 0.29) is 5.41 Å². The summed E-state index contributed by atoms with van der Waals surface area (Å²) in [7, 11) is 0. The molecule has 0 bridgehead atoms. The predicted molar refractivity (Wildman–Crippen MR) is 247 cm³/mol. The second-order valence-electron chi connectivity index (χ2n) is 16.4. The van der Waals surface area contributed by atoms with Gasteiger partial charge in [-0.15, -0.1) is 0 Å². The number of oxazole rings is 1. The highest BCUT2D eigenvalue weighted by molar-refractivity contribution is 6.10. The van der Waals surface area contributed by atoms with Gasteiger partial charge in [0.25, 0.3) is 0 Å². The van der Waals surface area contributed by atoms with E-state index in [0.29, 0.717) is 11.5 Å². The minimum atomic E-state index is -0.116. The van der Waals surface area contributed by atoms with Crippen LogP contribution in [0.15, 0.2) is 203 Å². The Kier molecular flexibility index (Phi) is 7.54. The topological polar surface area (TPSA) is 42.4 Å². The third-order valence-electron chi connectivity index (χ3n) is 12.5. The van der Waals surface area contributed by atoms with Gasteiger partial charge in [-0.3, -0.25) is 0 Å². The molecule has 1 aliphatic rings. The number of hydrogen-bond donors (Lipinski definition) is 0. The van der Waals surface area contributed by atoms with Crippen LogP contribution in [0.4, 0.5) is 17.1 Å². The van der Waals surface area contributed by atoms with Crippen LogP contribution < -0.4 is 4.90 Å². The second-order valence-corrected chi connectivity index (χ2v) is 16.4. The number of anilines is 3. The van der Waals surface area contributed by atoms with Crippen LogP contribution in [0.5, 0.6) is 0 Å². The minimum Gasteiger partial charge on any atom is -0.456 e. The van der Waals surface area contributed by atoms with Gasteiger partial charge in [-0.05, 0) is 122 Å². The average Bonchev–Trinajstić information content (AvgIpc) is 3.95. The van der Waals surface area contributed by atoms with Crippen molar-refractivity contribution in [1.82, 2.24) is 4.98 Å². The fourth-order valence-corrected chi connectivity index (χ4v) is 9.43. The lowest BCUT2D eigenvalue weighted by Crippen LogP contribution is -2.16. The summed E-state index contributed by atoms with van der Waals surface area (Å²) in [4.78, 5) is 7.22. The summed E-state index contributed by atoms with van der Waals surface area (Å²) in [6.45, 7) is 4.69. The van der Waals surface area contributed by atoms with E-state index in [0.717, 1.165) is 61.2 Å². The summed E-state index contributed by atoms with van der Waals surface area (Å²) in [6.07, 6.45) is 0. The lowest BCUT2D eigenvalue weighted by atomic mass is 9.82. The van der Waals surface area contributed by atoms with Crippen molar-refractivity contribution < 1.29 is 8.83 Å². The Hall–Kier alpha value is -7.69. The molecule has 4 nitrogen and oxygen atoms in total. The number of nitrogens with zero attached hydrogens (tertiary/aromatic N) is 2. The second kappa shape index (κ2) is 13.2. The number of benzene rings is 9. The van der Waals surface area contributed by atoms with E-state index in [1.54, 1.807) is 0 Å². The van der Waals surface area contributed by atoms with Crippen molar-refractivity contribution in [3.8, 4) is 44.8 Å². The standard InChI is InChI=1S/C56H38N2O2/c1-56(2)49-18-9-8-16-45(49)46-29-28-42(32-50(46)56)58(41-26-21-37(22-27-41)44-17-10-14-36-11-6-7-15-43(36)44)40-24-19-35(20-25-40)39-23-30-52-47(31-39)48-33-51-54(34-53(48)59-52)60-55(57-51)38-12-4-3-5-13-38/h3-34H,1-2H3. The van der Waals surface area contributed by atoms with Gasteiger partial charge in [0.2, 0.25) is 5.89 Å². The molecule has 0 unspecified atom stereocenters. The molecule has 4 heteroatoms. The zero-order valence-corrected chi connectivity index (χ0v) is 33.2. The SMILES string of the molecule is CC1(C)c2ccccc2-c2ccc(N(c3ccc(-c4ccc5oc6cc7oc(-c8ccccc8)nc7cc6c5c4)cc3)c3ccc(-c4cccc5ccccc45)cc3)cc21. The smallest absolute Gasteiger partial charge is 0.227 e. The van der Waals surface area contributed by atoms with Crippen LogP contribution in [0.25, 0.3) is 88.6 Å². The molecule has 284 valence electrons. The van der Waals surface area contributed by atoms with Crippen LogP contribution in [-0.2, 0) is 5.41 Å². The molecule has 11 aromatic rings. The number of furan rings is 1. The zero-order valence-electron chi connectivity index (χ0n) is 33.2. The molecular formula is C56H38N2O2. The quantitative estimate of drug-likeness (QED) is 0.169. The van der Waals surface area contributed by atoms with Crippen molar-refractivity contribution in [3.63, 3.8) is 0 Å². The number of fused-ring (bicyclic) bond motifs is 8. The Balaban J connectivity index is 0.937. The first kappa shape index (κ1) is 34.4. The Morgan fingerprint density at radius 2 is 1.05 bits per heavy atom. The van der Waals surface area contributed by atoms with Crippen molar-refractivity contribution in [2.75, 3.05) is 4.90 Å². The molecule has 2 heterocycles. The van der Waals surface area contributed by atoms with E-state index < -0.39 is 0 Å². The minimum absolute atomic E-state index is 0.116. The highest BCUT2D eigenvalue weighted by atomic mass is 16.4. The Morgan fingerprint density at radius 1 is 0.400 bits per heavy atom. The first-order valence-corrected chi connectivity index (χ1v) is 20.5. The van der Waals surface area contributed by atoms with Crippen LogP contribution in [0.3, 0.4) is 0 Å². The van der Waals surface area contributed by atoms with Gasteiger partial charge < -0.3 is 13.7 Å². The van der Waals surface area contributed by atoms with E-state index >= 15 is 0 Å². The highest BCUT2D eigenvalue weighted by Crippen LogP contribution is 2.51. The molecule has 60 heavy (non-hydrogen) atoms. The molecule has 1 aliphatic carbocycles. The summed E-state index contributed by atoms with van der Waals surface area (Å²) in [5.74, 6) is 0.604. The number of aromatic nitrogens is 1. The van der Waals surface area contributed by atoms with Crippen molar-refractivity contribution in [1.29, 1.82) is 0 Å². The van der Waals surface area contributed by atoms with Crippen molar-refractivity contribution in [3.05, 3.63) is 205 Å². The molecule has 0 aliphatic heterocycles.